The van der Waals surface area contributed by atoms with Crippen LogP contribution in [0, 0.1) is 5.82 Å². The van der Waals surface area contributed by atoms with Crippen LogP contribution >= 0.6 is 11.3 Å². The van der Waals surface area contributed by atoms with Crippen LogP contribution in [0.4, 0.5) is 15.1 Å². The Labute approximate surface area is 205 Å². The molecule has 5 rings (SSSR count). The van der Waals surface area contributed by atoms with Gasteiger partial charge in [-0.15, -0.1) is 11.3 Å². The van der Waals surface area contributed by atoms with Gasteiger partial charge in [-0.05, 0) is 74.6 Å². The normalized spacial score (nSPS) is 13.5. The van der Waals surface area contributed by atoms with Crippen molar-refractivity contribution in [2.24, 2.45) is 4.99 Å². The Bertz CT molecular complexity index is 1490. The minimum atomic E-state index is -0.455. The van der Waals surface area contributed by atoms with Gasteiger partial charge in [0.15, 0.2) is 0 Å². The van der Waals surface area contributed by atoms with Gasteiger partial charge in [0.05, 0.1) is 12.2 Å². The lowest BCUT2D eigenvalue weighted by Gasteiger charge is -2.11. The number of thiophene rings is 1. The number of rotatable bonds is 5. The van der Waals surface area contributed by atoms with E-state index in [9.17, 15) is 14.0 Å². The number of carbonyl (C=O) groups is 2. The lowest BCUT2D eigenvalue weighted by atomic mass is 9.95. The maximum Gasteiger partial charge on any atom is 0.341 e. The van der Waals surface area contributed by atoms with Crippen molar-refractivity contribution >= 4 is 44.9 Å². The van der Waals surface area contributed by atoms with Gasteiger partial charge in [-0.25, -0.2) is 14.2 Å². The van der Waals surface area contributed by atoms with Crippen molar-refractivity contribution in [3.63, 3.8) is 0 Å². The summed E-state index contributed by atoms with van der Waals surface area (Å²) in [6.07, 6.45) is 3.74. The average molecular weight is 491 g/mol. The van der Waals surface area contributed by atoms with E-state index in [1.807, 2.05) is 18.2 Å². The molecule has 0 spiro atoms. The summed E-state index contributed by atoms with van der Waals surface area (Å²) in [7, 11) is 0. The number of anilines is 1. The molecule has 0 unspecified atom stereocenters. The second-order valence-corrected chi connectivity index (χ2v) is 9.27. The number of nitrogens with zero attached hydrogens (tertiary/aromatic N) is 1. The zero-order valence-corrected chi connectivity index (χ0v) is 19.9. The number of hydrogen-bond donors (Lipinski definition) is 1. The summed E-state index contributed by atoms with van der Waals surface area (Å²) < 4.78 is 24.7. The molecule has 1 aliphatic rings. The molecule has 178 valence electrons. The summed E-state index contributed by atoms with van der Waals surface area (Å²) in [5, 5.41) is 3.97. The van der Waals surface area contributed by atoms with E-state index in [4.69, 9.17) is 14.1 Å². The second-order valence-electron chi connectivity index (χ2n) is 8.19. The van der Waals surface area contributed by atoms with Crippen LogP contribution in [0.25, 0.3) is 11.0 Å². The highest BCUT2D eigenvalue weighted by molar-refractivity contribution is 7.16. The number of nitrogens with one attached hydrogen (secondary N) is 1. The van der Waals surface area contributed by atoms with E-state index in [1.54, 1.807) is 19.1 Å². The van der Waals surface area contributed by atoms with Crippen LogP contribution in [0.15, 0.2) is 64.0 Å². The first-order chi connectivity index (χ1) is 17.0. The molecule has 0 saturated heterocycles. The maximum atomic E-state index is 13.3. The molecule has 6 nitrogen and oxygen atoms in total. The van der Waals surface area contributed by atoms with Gasteiger partial charge in [0, 0.05) is 16.0 Å². The quantitative estimate of drug-likeness (QED) is 0.339. The van der Waals surface area contributed by atoms with Crippen LogP contribution in [-0.4, -0.2) is 18.5 Å². The van der Waals surface area contributed by atoms with Crippen LogP contribution in [0.5, 0.6) is 0 Å². The summed E-state index contributed by atoms with van der Waals surface area (Å²) in [6.45, 7) is 2.03. The third kappa shape index (κ3) is 4.74. The fourth-order valence-electron chi connectivity index (χ4n) is 4.18. The summed E-state index contributed by atoms with van der Waals surface area (Å²) in [6, 6.07) is 14.5. The highest BCUT2D eigenvalue weighted by atomic mass is 32.1. The standard InChI is InChI=1S/C27H23FN2O4S/c1-2-33-27(32)23-19-8-4-6-10-22(19)35-26(23)30-25-20(15-16-7-3-5-9-21(16)34-25)24(31)29-18-13-11-17(28)12-14-18/h3,5,7,9,11-15H,2,4,6,8,10H2,1H3,(H,29,31)/b30-25-. The van der Waals surface area contributed by atoms with Crippen molar-refractivity contribution < 1.29 is 23.1 Å². The van der Waals surface area contributed by atoms with Crippen molar-refractivity contribution in [3.05, 3.63) is 87.5 Å². The zero-order chi connectivity index (χ0) is 24.4. The van der Waals surface area contributed by atoms with Crippen molar-refractivity contribution in [1.29, 1.82) is 0 Å². The van der Waals surface area contributed by atoms with Gasteiger partial charge in [0.25, 0.3) is 5.91 Å². The molecule has 2 aromatic heterocycles. The van der Waals surface area contributed by atoms with Gasteiger partial charge < -0.3 is 14.5 Å². The van der Waals surface area contributed by atoms with Gasteiger partial charge in [0.2, 0.25) is 5.55 Å². The fraction of sp³-hybridized carbons (Fsp3) is 0.222. The van der Waals surface area contributed by atoms with Crippen LogP contribution < -0.4 is 10.9 Å². The van der Waals surface area contributed by atoms with Crippen LogP contribution in [0.2, 0.25) is 0 Å². The molecule has 2 aromatic carbocycles. The molecule has 1 N–H and O–H groups in total. The number of ether oxygens (including phenoxy) is 1. The number of hydrogen-bond acceptors (Lipinski definition) is 6. The molecule has 0 aliphatic heterocycles. The minimum absolute atomic E-state index is 0.0902. The minimum Gasteiger partial charge on any atom is -0.462 e. The molecule has 1 amide bonds. The van der Waals surface area contributed by atoms with Gasteiger partial charge in [0.1, 0.15) is 22.0 Å². The molecular weight excluding hydrogens is 467 g/mol. The smallest absolute Gasteiger partial charge is 0.341 e. The molecule has 0 saturated carbocycles. The summed E-state index contributed by atoms with van der Waals surface area (Å²) in [5.74, 6) is -1.26. The molecule has 8 heteroatoms. The van der Waals surface area contributed by atoms with E-state index in [2.05, 4.69) is 5.32 Å². The number of esters is 1. The SMILES string of the molecule is CCOC(=O)c1c(/N=c2\oc3ccccc3cc2C(=O)Nc2ccc(F)cc2)sc2c1CCCC2. The van der Waals surface area contributed by atoms with Crippen molar-refractivity contribution in [2.75, 3.05) is 11.9 Å². The van der Waals surface area contributed by atoms with Crippen molar-refractivity contribution in [2.45, 2.75) is 32.6 Å². The zero-order valence-electron chi connectivity index (χ0n) is 19.1. The number of amides is 1. The number of carbonyl (C=O) groups excluding carboxylic acids is 2. The maximum absolute atomic E-state index is 13.3. The fourth-order valence-corrected chi connectivity index (χ4v) is 5.43. The first kappa shape index (κ1) is 23.0. The number of halogens is 1. The number of benzene rings is 2. The lowest BCUT2D eigenvalue weighted by molar-refractivity contribution is 0.0526. The lowest BCUT2D eigenvalue weighted by Crippen LogP contribution is -2.21. The van der Waals surface area contributed by atoms with Crippen LogP contribution in [0.1, 0.15) is 50.9 Å². The summed E-state index contributed by atoms with van der Waals surface area (Å²) in [4.78, 5) is 32.0. The predicted molar refractivity (Wildman–Crippen MR) is 133 cm³/mol. The molecule has 4 aromatic rings. The van der Waals surface area contributed by atoms with E-state index in [1.165, 1.54) is 35.6 Å². The molecule has 1 aliphatic carbocycles. The van der Waals surface area contributed by atoms with E-state index in [0.717, 1.165) is 41.5 Å². The van der Waals surface area contributed by atoms with E-state index in [-0.39, 0.29) is 17.7 Å². The van der Waals surface area contributed by atoms with E-state index < -0.39 is 17.7 Å². The first-order valence-corrected chi connectivity index (χ1v) is 12.3. The first-order valence-electron chi connectivity index (χ1n) is 11.5. The molecular formula is C27H23FN2O4S. The molecule has 0 fully saturated rings. The highest BCUT2D eigenvalue weighted by Crippen LogP contribution is 2.40. The Balaban J connectivity index is 1.66. The Morgan fingerprint density at radius 3 is 2.69 bits per heavy atom. The van der Waals surface area contributed by atoms with Crippen molar-refractivity contribution in [1.82, 2.24) is 0 Å². The highest BCUT2D eigenvalue weighted by Gasteiger charge is 2.27. The Kier molecular flexibility index (Phi) is 6.46. The third-order valence-corrected chi connectivity index (χ3v) is 7.02. The van der Waals surface area contributed by atoms with Gasteiger partial charge in [-0.2, -0.15) is 0 Å². The number of fused-ring (bicyclic) bond motifs is 2. The van der Waals surface area contributed by atoms with Gasteiger partial charge in [-0.3, -0.25) is 4.79 Å². The summed E-state index contributed by atoms with van der Waals surface area (Å²) in [5.41, 5.74) is 2.73. The second kappa shape index (κ2) is 9.84. The molecule has 35 heavy (non-hydrogen) atoms. The largest absolute Gasteiger partial charge is 0.462 e. The third-order valence-electron chi connectivity index (χ3n) is 5.84. The molecule has 0 bridgehead atoms. The summed E-state index contributed by atoms with van der Waals surface area (Å²) >= 11 is 1.44. The van der Waals surface area contributed by atoms with E-state index >= 15 is 0 Å². The molecule has 0 atom stereocenters. The molecule has 2 heterocycles. The van der Waals surface area contributed by atoms with Crippen molar-refractivity contribution in [3.8, 4) is 0 Å². The van der Waals surface area contributed by atoms with Crippen LogP contribution in [0.3, 0.4) is 0 Å². The Morgan fingerprint density at radius 2 is 1.89 bits per heavy atom. The van der Waals surface area contributed by atoms with Gasteiger partial charge in [-0.1, -0.05) is 18.2 Å². The Morgan fingerprint density at radius 1 is 1.11 bits per heavy atom. The Hall–Kier alpha value is -3.78. The van der Waals surface area contributed by atoms with Gasteiger partial charge >= 0.3 is 5.97 Å². The average Bonchev–Trinajstić information content (AvgIpc) is 3.23. The monoisotopic (exact) mass is 490 g/mol. The number of aryl methyl sites for hydroxylation is 1. The van der Waals surface area contributed by atoms with Crippen LogP contribution in [-0.2, 0) is 17.6 Å². The molecule has 0 radical (unpaired) electrons. The predicted octanol–water partition coefficient (Wildman–Crippen LogP) is 6.17. The van der Waals surface area contributed by atoms with E-state index in [0.29, 0.717) is 21.8 Å². The number of para-hydroxylation sites is 1. The topological polar surface area (TPSA) is 80.9 Å².